The normalized spacial score (nSPS) is 21.8. The molecule has 0 aliphatic carbocycles. The van der Waals surface area contributed by atoms with Gasteiger partial charge in [-0.2, -0.15) is 9.37 Å². The van der Waals surface area contributed by atoms with Gasteiger partial charge in [-0.1, -0.05) is 11.6 Å². The molecule has 0 radical (unpaired) electrons. The molecule has 2 aromatic heterocycles. The van der Waals surface area contributed by atoms with E-state index < -0.39 is 21.5 Å². The van der Waals surface area contributed by atoms with Gasteiger partial charge < -0.3 is 19.7 Å². The van der Waals surface area contributed by atoms with E-state index in [-0.39, 0.29) is 40.2 Å². The van der Waals surface area contributed by atoms with Crippen LogP contribution in [0.3, 0.4) is 0 Å². The quantitative estimate of drug-likeness (QED) is 0.505. The van der Waals surface area contributed by atoms with Crippen molar-refractivity contribution >= 4 is 38.8 Å². The summed E-state index contributed by atoms with van der Waals surface area (Å²) in [6, 6.07) is 6.92. The second-order valence-corrected chi connectivity index (χ2v) is 11.2. The van der Waals surface area contributed by atoms with Gasteiger partial charge in [-0.3, -0.25) is 0 Å². The molecular formula is C23H22ClF2N5O4S. The Kier molecular flexibility index (Phi) is 6.66. The number of hydrogen-bond acceptors (Lipinski definition) is 9. The predicted octanol–water partition coefficient (Wildman–Crippen LogP) is 3.48. The van der Waals surface area contributed by atoms with Crippen LogP contribution in [0.5, 0.6) is 5.88 Å². The molecule has 2 unspecified atom stereocenters. The van der Waals surface area contributed by atoms with Crippen LogP contribution in [0.1, 0.15) is 0 Å². The Bertz CT molecular complexity index is 1370. The Labute approximate surface area is 211 Å². The maximum atomic E-state index is 15.3. The van der Waals surface area contributed by atoms with Crippen molar-refractivity contribution in [3.8, 4) is 5.88 Å². The second-order valence-electron chi connectivity index (χ2n) is 8.76. The highest BCUT2D eigenvalue weighted by Gasteiger charge is 2.43. The van der Waals surface area contributed by atoms with E-state index in [4.69, 9.17) is 21.1 Å². The van der Waals surface area contributed by atoms with Crippen molar-refractivity contribution in [1.82, 2.24) is 15.0 Å². The van der Waals surface area contributed by atoms with Crippen LogP contribution in [-0.4, -0.2) is 62.0 Å². The zero-order chi connectivity index (χ0) is 25.4. The standard InChI is InChI=1S/C23H22ClF2N5O4S/c1-36(32,33)16-3-4-18(17(25)6-16)30-22-20(26)23(29-12-28-22)35-21-13-8-31(9-14(21)11-34-10-13)19-5-2-15(24)7-27-19/h2-7,12-14,21H,8-11H2,1H3,(H,28,29,30). The molecule has 2 saturated heterocycles. The number of hydrogen-bond donors (Lipinski definition) is 1. The first-order valence-corrected chi connectivity index (χ1v) is 13.3. The Morgan fingerprint density at radius 2 is 1.86 bits per heavy atom. The van der Waals surface area contributed by atoms with Crippen LogP contribution in [0.2, 0.25) is 5.02 Å². The summed E-state index contributed by atoms with van der Waals surface area (Å²) in [6.45, 7) is 2.04. The summed E-state index contributed by atoms with van der Waals surface area (Å²) in [5, 5.41) is 3.10. The topological polar surface area (TPSA) is 107 Å². The van der Waals surface area contributed by atoms with Crippen LogP contribution >= 0.6 is 11.6 Å². The van der Waals surface area contributed by atoms with Crippen molar-refractivity contribution in [1.29, 1.82) is 0 Å². The van der Waals surface area contributed by atoms with Crippen LogP contribution in [0, 0.1) is 23.5 Å². The molecule has 2 fully saturated rings. The van der Waals surface area contributed by atoms with Crippen LogP contribution in [0.25, 0.3) is 0 Å². The van der Waals surface area contributed by atoms with Gasteiger partial charge in [0.2, 0.25) is 5.82 Å². The number of halogens is 3. The van der Waals surface area contributed by atoms with E-state index in [1.807, 2.05) is 6.07 Å². The van der Waals surface area contributed by atoms with Gasteiger partial charge in [0, 0.05) is 37.4 Å². The molecule has 1 aromatic carbocycles. The number of piperidine rings is 1. The maximum Gasteiger partial charge on any atom is 0.256 e. The number of anilines is 3. The van der Waals surface area contributed by atoms with Crippen molar-refractivity contribution in [3.63, 3.8) is 0 Å². The largest absolute Gasteiger partial charge is 0.471 e. The zero-order valence-electron chi connectivity index (χ0n) is 19.1. The summed E-state index contributed by atoms with van der Waals surface area (Å²) in [6.07, 6.45) is 3.32. The molecule has 0 amide bonds. The fraction of sp³-hybridized carbons (Fsp3) is 0.348. The molecule has 2 aliphatic rings. The molecule has 0 spiro atoms. The van der Waals surface area contributed by atoms with Crippen molar-refractivity contribution < 1.29 is 26.7 Å². The molecule has 1 N–H and O–H groups in total. The summed E-state index contributed by atoms with van der Waals surface area (Å²) in [5.74, 6) is -1.66. The smallest absolute Gasteiger partial charge is 0.256 e. The molecular weight excluding hydrogens is 516 g/mol. The highest BCUT2D eigenvalue weighted by molar-refractivity contribution is 7.90. The summed E-state index contributed by atoms with van der Waals surface area (Å²) in [4.78, 5) is 14.1. The molecule has 190 valence electrons. The first-order valence-electron chi connectivity index (χ1n) is 11.1. The zero-order valence-corrected chi connectivity index (χ0v) is 20.6. The summed E-state index contributed by atoms with van der Waals surface area (Å²) in [5.41, 5.74) is -0.139. The molecule has 9 nitrogen and oxygen atoms in total. The van der Waals surface area contributed by atoms with E-state index in [0.29, 0.717) is 31.3 Å². The number of aromatic nitrogens is 3. The van der Waals surface area contributed by atoms with Crippen molar-refractivity contribution in [2.45, 2.75) is 11.0 Å². The number of nitrogens with one attached hydrogen (secondary N) is 1. The first-order chi connectivity index (χ1) is 17.2. The second kappa shape index (κ2) is 9.75. The summed E-state index contributed by atoms with van der Waals surface area (Å²) < 4.78 is 64.8. The van der Waals surface area contributed by atoms with Gasteiger partial charge in [-0.25, -0.2) is 22.8 Å². The third kappa shape index (κ3) is 5.06. The monoisotopic (exact) mass is 537 g/mol. The number of benzene rings is 1. The van der Waals surface area contributed by atoms with Gasteiger partial charge >= 0.3 is 0 Å². The minimum absolute atomic E-state index is 0.0678. The number of sulfone groups is 1. The van der Waals surface area contributed by atoms with Crippen LogP contribution in [-0.2, 0) is 14.6 Å². The molecule has 3 aromatic rings. The third-order valence-electron chi connectivity index (χ3n) is 6.17. The highest BCUT2D eigenvalue weighted by Crippen LogP contribution is 2.34. The van der Waals surface area contributed by atoms with Crippen LogP contribution in [0.15, 0.2) is 47.8 Å². The summed E-state index contributed by atoms with van der Waals surface area (Å²) >= 11 is 5.95. The molecule has 36 heavy (non-hydrogen) atoms. The fourth-order valence-electron chi connectivity index (χ4n) is 4.44. The van der Waals surface area contributed by atoms with Crippen molar-refractivity contribution in [3.05, 3.63) is 59.5 Å². The lowest BCUT2D eigenvalue weighted by molar-refractivity contribution is -0.0779. The van der Waals surface area contributed by atoms with E-state index in [9.17, 15) is 12.8 Å². The Hall–Kier alpha value is -3.09. The first kappa shape index (κ1) is 24.6. The highest BCUT2D eigenvalue weighted by atomic mass is 35.5. The predicted molar refractivity (Wildman–Crippen MR) is 128 cm³/mol. The Morgan fingerprint density at radius 3 is 2.50 bits per heavy atom. The lowest BCUT2D eigenvalue weighted by Gasteiger charge is -2.46. The Morgan fingerprint density at radius 1 is 1.11 bits per heavy atom. The number of rotatable bonds is 6. The van der Waals surface area contributed by atoms with E-state index in [1.54, 1.807) is 12.3 Å². The van der Waals surface area contributed by atoms with Crippen molar-refractivity contribution in [2.75, 3.05) is 42.8 Å². The molecule has 5 rings (SSSR count). The minimum atomic E-state index is -3.59. The van der Waals surface area contributed by atoms with Gasteiger partial charge in [0.05, 0.1) is 28.8 Å². The molecule has 13 heteroatoms. The van der Waals surface area contributed by atoms with Gasteiger partial charge in [0.25, 0.3) is 5.88 Å². The fourth-order valence-corrected chi connectivity index (χ4v) is 5.19. The number of ether oxygens (including phenoxy) is 2. The molecule has 2 bridgehead atoms. The van der Waals surface area contributed by atoms with E-state index >= 15 is 4.39 Å². The molecule has 0 saturated carbocycles. The van der Waals surface area contributed by atoms with E-state index in [0.717, 1.165) is 24.5 Å². The van der Waals surface area contributed by atoms with E-state index in [2.05, 4.69) is 25.2 Å². The van der Waals surface area contributed by atoms with Crippen LogP contribution < -0.4 is 15.0 Å². The number of nitrogens with zero attached hydrogens (tertiary/aromatic N) is 4. The number of pyridine rings is 1. The molecule has 2 atom stereocenters. The molecule has 2 aliphatic heterocycles. The maximum absolute atomic E-state index is 15.3. The summed E-state index contributed by atoms with van der Waals surface area (Å²) in [7, 11) is -3.59. The average Bonchev–Trinajstić information content (AvgIpc) is 2.82. The Balaban J connectivity index is 1.33. The van der Waals surface area contributed by atoms with Gasteiger partial charge in [-0.15, -0.1) is 0 Å². The van der Waals surface area contributed by atoms with Crippen molar-refractivity contribution in [2.24, 2.45) is 11.8 Å². The molecule has 4 heterocycles. The third-order valence-corrected chi connectivity index (χ3v) is 7.50. The number of fused-ring (bicyclic) bond motifs is 2. The average molecular weight is 538 g/mol. The van der Waals surface area contributed by atoms with E-state index in [1.165, 1.54) is 12.1 Å². The minimum Gasteiger partial charge on any atom is -0.471 e. The lowest BCUT2D eigenvalue weighted by atomic mass is 9.84. The SMILES string of the molecule is CS(=O)(=O)c1ccc(Nc2ncnc(OC3C4COCC3CN(c3ccc(Cl)cn3)C4)c2F)c(F)c1. The van der Waals surface area contributed by atoms with Gasteiger partial charge in [-0.05, 0) is 30.3 Å². The van der Waals surface area contributed by atoms with Gasteiger partial charge in [0.1, 0.15) is 24.1 Å². The lowest BCUT2D eigenvalue weighted by Crippen LogP contribution is -2.57. The van der Waals surface area contributed by atoms with Gasteiger partial charge in [0.15, 0.2) is 15.7 Å². The van der Waals surface area contributed by atoms with Crippen LogP contribution in [0.4, 0.5) is 26.1 Å².